The van der Waals surface area contributed by atoms with Gasteiger partial charge in [0.15, 0.2) is 0 Å². The molecule has 1 aliphatic rings. The number of rotatable bonds is 3. The van der Waals surface area contributed by atoms with Crippen LogP contribution in [0.5, 0.6) is 0 Å². The Balaban J connectivity index is 2.15. The number of nitrogens with one attached hydrogen (secondary N) is 1. The molecule has 0 saturated carbocycles. The highest BCUT2D eigenvalue weighted by Crippen LogP contribution is 2.22. The van der Waals surface area contributed by atoms with Crippen LogP contribution in [0.3, 0.4) is 0 Å². The number of nitriles is 1. The molecule has 0 amide bonds. The maximum absolute atomic E-state index is 11.3. The second kappa shape index (κ2) is 5.55. The molecule has 1 saturated heterocycles. The average Bonchev–Trinajstić information content (AvgIpc) is 2.37. The van der Waals surface area contributed by atoms with Gasteiger partial charge in [0.2, 0.25) is 10.0 Å². The summed E-state index contributed by atoms with van der Waals surface area (Å²) in [5, 5.41) is 9.09. The molecule has 1 unspecified atom stereocenters. The zero-order chi connectivity index (χ0) is 13.9. The Hall–Kier alpha value is -1.65. The highest BCUT2D eigenvalue weighted by Gasteiger charge is 2.23. The normalized spacial score (nSPS) is 20.0. The number of pyridine rings is 1. The van der Waals surface area contributed by atoms with Gasteiger partial charge in [-0.2, -0.15) is 5.26 Å². The van der Waals surface area contributed by atoms with Crippen molar-refractivity contribution in [3.8, 4) is 6.07 Å². The molecular formula is C12H16N4O2S. The molecule has 1 atom stereocenters. The summed E-state index contributed by atoms with van der Waals surface area (Å²) in [5.74, 6) is 0. The van der Waals surface area contributed by atoms with Gasteiger partial charge in [0, 0.05) is 25.3 Å². The van der Waals surface area contributed by atoms with Gasteiger partial charge in [-0.3, -0.25) is 4.98 Å². The lowest BCUT2D eigenvalue weighted by molar-refractivity contribution is 0.467. The second-order valence-corrected chi connectivity index (χ2v) is 6.46. The summed E-state index contributed by atoms with van der Waals surface area (Å²) in [6.45, 7) is 1.37. The van der Waals surface area contributed by atoms with Gasteiger partial charge < -0.3 is 4.90 Å². The fourth-order valence-corrected chi connectivity index (χ4v) is 3.13. The molecule has 1 aromatic heterocycles. The molecule has 1 N–H and O–H groups in total. The molecule has 0 aromatic carbocycles. The zero-order valence-electron chi connectivity index (χ0n) is 10.7. The molecule has 19 heavy (non-hydrogen) atoms. The van der Waals surface area contributed by atoms with Crippen molar-refractivity contribution in [2.24, 2.45) is 0 Å². The van der Waals surface area contributed by atoms with E-state index in [-0.39, 0.29) is 6.04 Å². The first kappa shape index (κ1) is 13.8. The van der Waals surface area contributed by atoms with Crippen LogP contribution in [0.4, 0.5) is 5.69 Å². The second-order valence-electron chi connectivity index (χ2n) is 4.68. The molecule has 0 bridgehead atoms. The van der Waals surface area contributed by atoms with Crippen molar-refractivity contribution in [1.29, 1.82) is 5.26 Å². The van der Waals surface area contributed by atoms with Crippen molar-refractivity contribution >= 4 is 15.7 Å². The van der Waals surface area contributed by atoms with E-state index in [0.717, 1.165) is 31.3 Å². The molecule has 0 aliphatic carbocycles. The Labute approximate surface area is 113 Å². The van der Waals surface area contributed by atoms with E-state index in [9.17, 15) is 8.42 Å². The lowest BCUT2D eigenvalue weighted by Crippen LogP contribution is -2.47. The summed E-state index contributed by atoms with van der Waals surface area (Å²) >= 11 is 0. The van der Waals surface area contributed by atoms with Crippen molar-refractivity contribution in [3.63, 3.8) is 0 Å². The van der Waals surface area contributed by atoms with Gasteiger partial charge in [0.25, 0.3) is 0 Å². The Bertz CT molecular complexity index is 594. The van der Waals surface area contributed by atoms with Gasteiger partial charge in [-0.15, -0.1) is 0 Å². The van der Waals surface area contributed by atoms with E-state index in [4.69, 9.17) is 5.26 Å². The van der Waals surface area contributed by atoms with Crippen LogP contribution in [0.15, 0.2) is 18.5 Å². The number of aromatic nitrogens is 1. The number of piperidine rings is 1. The Morgan fingerprint density at radius 1 is 1.58 bits per heavy atom. The lowest BCUT2D eigenvalue weighted by Gasteiger charge is -2.34. The van der Waals surface area contributed by atoms with Crippen LogP contribution in [-0.4, -0.2) is 38.8 Å². The van der Waals surface area contributed by atoms with E-state index < -0.39 is 10.0 Å². The van der Waals surface area contributed by atoms with Gasteiger partial charge >= 0.3 is 0 Å². The van der Waals surface area contributed by atoms with E-state index in [1.165, 1.54) is 0 Å². The maximum atomic E-state index is 11.3. The van der Waals surface area contributed by atoms with Crippen LogP contribution in [-0.2, 0) is 10.0 Å². The Morgan fingerprint density at radius 2 is 2.37 bits per heavy atom. The quantitative estimate of drug-likeness (QED) is 0.870. The minimum atomic E-state index is -3.20. The van der Waals surface area contributed by atoms with Gasteiger partial charge in [0.05, 0.1) is 23.7 Å². The molecule has 7 heteroatoms. The average molecular weight is 280 g/mol. The number of nitrogens with zero attached hydrogens (tertiary/aromatic N) is 3. The maximum Gasteiger partial charge on any atom is 0.209 e. The first-order valence-corrected chi connectivity index (χ1v) is 7.95. The minimum absolute atomic E-state index is 0.115. The highest BCUT2D eigenvalue weighted by atomic mass is 32.2. The van der Waals surface area contributed by atoms with Crippen molar-refractivity contribution in [2.45, 2.75) is 18.9 Å². The highest BCUT2D eigenvalue weighted by molar-refractivity contribution is 7.88. The first-order chi connectivity index (χ1) is 8.99. The van der Waals surface area contributed by atoms with Crippen LogP contribution in [0, 0.1) is 11.3 Å². The predicted molar refractivity (Wildman–Crippen MR) is 72.2 cm³/mol. The summed E-state index contributed by atoms with van der Waals surface area (Å²) in [4.78, 5) is 6.05. The van der Waals surface area contributed by atoms with Gasteiger partial charge in [-0.1, -0.05) is 0 Å². The van der Waals surface area contributed by atoms with Crippen molar-refractivity contribution in [1.82, 2.24) is 9.71 Å². The molecule has 1 aromatic rings. The third-order valence-electron chi connectivity index (χ3n) is 3.06. The third-order valence-corrected chi connectivity index (χ3v) is 3.82. The molecule has 102 valence electrons. The molecule has 1 fully saturated rings. The number of hydrogen-bond donors (Lipinski definition) is 1. The van der Waals surface area contributed by atoms with Crippen LogP contribution >= 0.6 is 0 Å². The SMILES string of the molecule is CS(=O)(=O)NC1CCCN(c2cnccc2C#N)C1. The monoisotopic (exact) mass is 280 g/mol. The minimum Gasteiger partial charge on any atom is -0.368 e. The fourth-order valence-electron chi connectivity index (χ4n) is 2.33. The van der Waals surface area contributed by atoms with Crippen LogP contribution in [0.25, 0.3) is 0 Å². The molecule has 0 radical (unpaired) electrons. The molecule has 6 nitrogen and oxygen atoms in total. The van der Waals surface area contributed by atoms with Crippen molar-refractivity contribution in [3.05, 3.63) is 24.0 Å². The first-order valence-electron chi connectivity index (χ1n) is 6.06. The number of anilines is 1. The molecule has 0 spiro atoms. The summed E-state index contributed by atoms with van der Waals surface area (Å²) in [6, 6.07) is 3.69. The van der Waals surface area contributed by atoms with Crippen LogP contribution in [0.2, 0.25) is 0 Å². The van der Waals surface area contributed by atoms with E-state index >= 15 is 0 Å². The van der Waals surface area contributed by atoms with Gasteiger partial charge in [-0.05, 0) is 18.9 Å². The largest absolute Gasteiger partial charge is 0.368 e. The van der Waals surface area contributed by atoms with Crippen LogP contribution < -0.4 is 9.62 Å². The Kier molecular flexibility index (Phi) is 4.02. The van der Waals surface area contributed by atoms with Crippen molar-refractivity contribution < 1.29 is 8.42 Å². The topological polar surface area (TPSA) is 86.1 Å². The summed E-state index contributed by atoms with van der Waals surface area (Å²) < 4.78 is 25.2. The van der Waals surface area contributed by atoms with E-state index in [2.05, 4.69) is 15.8 Å². The van der Waals surface area contributed by atoms with E-state index in [1.807, 2.05) is 4.90 Å². The van der Waals surface area contributed by atoms with Gasteiger partial charge in [0.1, 0.15) is 6.07 Å². The fraction of sp³-hybridized carbons (Fsp3) is 0.500. The molecule has 1 aliphatic heterocycles. The molecule has 2 heterocycles. The predicted octanol–water partition coefficient (Wildman–Crippen LogP) is 0.471. The lowest BCUT2D eigenvalue weighted by atomic mass is 10.1. The Morgan fingerprint density at radius 3 is 3.05 bits per heavy atom. The standard InChI is InChI=1S/C12H16N4O2S/c1-19(17,18)15-11-3-2-6-16(9-11)12-8-14-5-4-10(12)7-13/h4-5,8,11,15H,2-3,6,9H2,1H3. The van der Waals surface area contributed by atoms with Crippen molar-refractivity contribution in [2.75, 3.05) is 24.2 Å². The van der Waals surface area contributed by atoms with E-state index in [0.29, 0.717) is 12.1 Å². The number of sulfonamides is 1. The summed E-state index contributed by atoms with van der Waals surface area (Å²) in [7, 11) is -3.20. The number of hydrogen-bond acceptors (Lipinski definition) is 5. The van der Waals surface area contributed by atoms with E-state index in [1.54, 1.807) is 18.5 Å². The van der Waals surface area contributed by atoms with Gasteiger partial charge in [-0.25, -0.2) is 13.1 Å². The summed E-state index contributed by atoms with van der Waals surface area (Å²) in [6.07, 6.45) is 6.09. The third kappa shape index (κ3) is 3.66. The molecule has 2 rings (SSSR count). The smallest absolute Gasteiger partial charge is 0.209 e. The molecular weight excluding hydrogens is 264 g/mol. The summed E-state index contributed by atoms with van der Waals surface area (Å²) in [5.41, 5.74) is 1.33. The van der Waals surface area contributed by atoms with Crippen LogP contribution in [0.1, 0.15) is 18.4 Å². The zero-order valence-corrected chi connectivity index (χ0v) is 11.5.